The first-order valence-electron chi connectivity index (χ1n) is 8.01. The van der Waals surface area contributed by atoms with Crippen LogP contribution in [0.3, 0.4) is 0 Å². The quantitative estimate of drug-likeness (QED) is 0.899. The molecule has 2 N–H and O–H groups in total. The SMILES string of the molecule is O=C(NC1CCC2CC21C(=O)O)c1cncc(-c2ccncc2)c1. The van der Waals surface area contributed by atoms with Gasteiger partial charge in [-0.3, -0.25) is 19.6 Å². The van der Waals surface area contributed by atoms with E-state index in [0.29, 0.717) is 12.0 Å². The first-order chi connectivity index (χ1) is 11.6. The van der Waals surface area contributed by atoms with Crippen LogP contribution in [0.4, 0.5) is 0 Å². The average Bonchev–Trinajstić information content (AvgIpc) is 3.26. The van der Waals surface area contributed by atoms with E-state index in [2.05, 4.69) is 15.3 Å². The number of carboxylic acids is 1. The zero-order valence-corrected chi connectivity index (χ0v) is 13.0. The fraction of sp³-hybridized carbons (Fsp3) is 0.333. The number of carbonyl (C=O) groups excluding carboxylic acids is 1. The molecular formula is C18H17N3O3. The molecule has 2 aromatic heterocycles. The molecule has 2 heterocycles. The van der Waals surface area contributed by atoms with Crippen LogP contribution in [0, 0.1) is 11.3 Å². The van der Waals surface area contributed by atoms with Crippen molar-refractivity contribution < 1.29 is 14.7 Å². The molecule has 2 aromatic rings. The Morgan fingerprint density at radius 3 is 2.62 bits per heavy atom. The molecule has 3 atom stereocenters. The van der Waals surface area contributed by atoms with Gasteiger partial charge in [-0.15, -0.1) is 0 Å². The highest BCUT2D eigenvalue weighted by Crippen LogP contribution is 2.63. The Hall–Kier alpha value is -2.76. The third-order valence-corrected chi connectivity index (χ3v) is 5.30. The zero-order chi connectivity index (χ0) is 16.7. The number of nitrogens with zero attached hydrogens (tertiary/aromatic N) is 2. The molecule has 6 nitrogen and oxygen atoms in total. The van der Waals surface area contributed by atoms with Crippen LogP contribution in [0.25, 0.3) is 11.1 Å². The van der Waals surface area contributed by atoms with E-state index in [0.717, 1.165) is 24.0 Å². The number of rotatable bonds is 4. The predicted molar refractivity (Wildman–Crippen MR) is 86.1 cm³/mol. The summed E-state index contributed by atoms with van der Waals surface area (Å²) in [5, 5.41) is 12.4. The number of carboxylic acid groups (broad SMARTS) is 1. The number of carbonyl (C=O) groups is 2. The number of amides is 1. The van der Waals surface area contributed by atoms with Gasteiger partial charge in [-0.05, 0) is 48.9 Å². The average molecular weight is 323 g/mol. The molecule has 2 saturated carbocycles. The van der Waals surface area contributed by atoms with Crippen LogP contribution in [0.5, 0.6) is 0 Å². The minimum Gasteiger partial charge on any atom is -0.481 e. The van der Waals surface area contributed by atoms with Crippen LogP contribution in [-0.2, 0) is 4.79 Å². The molecule has 0 radical (unpaired) electrons. The number of pyridine rings is 2. The molecule has 122 valence electrons. The van der Waals surface area contributed by atoms with Gasteiger partial charge in [0.2, 0.25) is 0 Å². The van der Waals surface area contributed by atoms with Gasteiger partial charge in [0.05, 0.1) is 11.0 Å². The number of hydrogen-bond donors (Lipinski definition) is 2. The van der Waals surface area contributed by atoms with Crippen molar-refractivity contribution in [2.75, 3.05) is 0 Å². The van der Waals surface area contributed by atoms with E-state index in [-0.39, 0.29) is 17.9 Å². The van der Waals surface area contributed by atoms with Crippen LogP contribution in [0.15, 0.2) is 43.0 Å². The standard InChI is InChI=1S/C18H17N3O3/c22-16(21-15-2-1-14-8-18(14,15)17(23)24)13-7-12(9-20-10-13)11-3-5-19-6-4-11/h3-7,9-10,14-15H,1-2,8H2,(H,21,22)(H,23,24). The van der Waals surface area contributed by atoms with E-state index in [9.17, 15) is 14.7 Å². The van der Waals surface area contributed by atoms with Crippen molar-refractivity contribution in [1.29, 1.82) is 0 Å². The van der Waals surface area contributed by atoms with Crippen LogP contribution >= 0.6 is 0 Å². The van der Waals surface area contributed by atoms with E-state index in [4.69, 9.17) is 0 Å². The topological polar surface area (TPSA) is 92.2 Å². The highest BCUT2D eigenvalue weighted by molar-refractivity contribution is 5.96. The molecule has 3 unspecified atom stereocenters. The van der Waals surface area contributed by atoms with E-state index in [1.54, 1.807) is 24.7 Å². The highest BCUT2D eigenvalue weighted by Gasteiger charge is 2.68. The second-order valence-electron chi connectivity index (χ2n) is 6.55. The molecule has 1 amide bonds. The van der Waals surface area contributed by atoms with E-state index in [1.165, 1.54) is 6.20 Å². The third kappa shape index (κ3) is 2.26. The van der Waals surface area contributed by atoms with Gasteiger partial charge in [0.25, 0.3) is 5.91 Å². The van der Waals surface area contributed by atoms with Crippen LogP contribution < -0.4 is 5.32 Å². The van der Waals surface area contributed by atoms with Crippen molar-refractivity contribution in [2.45, 2.75) is 25.3 Å². The summed E-state index contributed by atoms with van der Waals surface area (Å²) >= 11 is 0. The normalized spacial score (nSPS) is 27.3. The highest BCUT2D eigenvalue weighted by atomic mass is 16.4. The molecule has 0 spiro atoms. The minimum absolute atomic E-state index is 0.210. The Balaban J connectivity index is 1.54. The van der Waals surface area contributed by atoms with E-state index < -0.39 is 11.4 Å². The smallest absolute Gasteiger partial charge is 0.312 e. The Bertz CT molecular complexity index is 808. The van der Waals surface area contributed by atoms with Gasteiger partial charge in [0.15, 0.2) is 0 Å². The molecule has 0 aliphatic heterocycles. The fourth-order valence-electron chi connectivity index (χ4n) is 3.88. The molecule has 24 heavy (non-hydrogen) atoms. The van der Waals surface area contributed by atoms with Gasteiger partial charge < -0.3 is 10.4 Å². The summed E-state index contributed by atoms with van der Waals surface area (Å²) in [7, 11) is 0. The van der Waals surface area contributed by atoms with Gasteiger partial charge >= 0.3 is 5.97 Å². The zero-order valence-electron chi connectivity index (χ0n) is 13.0. The van der Waals surface area contributed by atoms with Gasteiger partial charge in [-0.1, -0.05) is 0 Å². The molecular weight excluding hydrogens is 306 g/mol. The maximum Gasteiger partial charge on any atom is 0.312 e. The molecule has 0 bridgehead atoms. The molecule has 2 aliphatic carbocycles. The number of aromatic nitrogens is 2. The summed E-state index contributed by atoms with van der Waals surface area (Å²) in [6.45, 7) is 0. The number of hydrogen-bond acceptors (Lipinski definition) is 4. The van der Waals surface area contributed by atoms with Crippen molar-refractivity contribution in [1.82, 2.24) is 15.3 Å². The van der Waals surface area contributed by atoms with Crippen molar-refractivity contribution in [2.24, 2.45) is 11.3 Å². The Kier molecular flexibility index (Phi) is 3.33. The van der Waals surface area contributed by atoms with E-state index >= 15 is 0 Å². The largest absolute Gasteiger partial charge is 0.481 e. The Morgan fingerprint density at radius 1 is 1.12 bits per heavy atom. The number of aliphatic carboxylic acids is 1. The molecule has 2 fully saturated rings. The second-order valence-corrected chi connectivity index (χ2v) is 6.55. The maximum atomic E-state index is 12.6. The van der Waals surface area contributed by atoms with E-state index in [1.807, 2.05) is 12.1 Å². The summed E-state index contributed by atoms with van der Waals surface area (Å²) in [4.78, 5) is 32.2. The molecule has 0 aromatic carbocycles. The second kappa shape index (κ2) is 5.40. The Morgan fingerprint density at radius 2 is 1.92 bits per heavy atom. The maximum absolute atomic E-state index is 12.6. The summed E-state index contributed by atoms with van der Waals surface area (Å²) in [5.74, 6) is -0.850. The Labute approximate surface area is 139 Å². The summed E-state index contributed by atoms with van der Waals surface area (Å²) < 4.78 is 0. The van der Waals surface area contributed by atoms with Crippen molar-refractivity contribution in [3.05, 3.63) is 48.5 Å². The first-order valence-corrected chi connectivity index (χ1v) is 8.01. The molecule has 4 rings (SSSR count). The van der Waals surface area contributed by atoms with Crippen molar-refractivity contribution in [3.8, 4) is 11.1 Å². The van der Waals surface area contributed by atoms with Crippen LogP contribution in [0.2, 0.25) is 0 Å². The number of fused-ring (bicyclic) bond motifs is 1. The lowest BCUT2D eigenvalue weighted by molar-refractivity contribution is -0.144. The summed E-state index contributed by atoms with van der Waals surface area (Å²) in [5.41, 5.74) is 1.45. The summed E-state index contributed by atoms with van der Waals surface area (Å²) in [6.07, 6.45) is 8.83. The predicted octanol–water partition coefficient (Wildman–Crippen LogP) is 2.13. The molecule has 0 saturated heterocycles. The molecule has 6 heteroatoms. The lowest BCUT2D eigenvalue weighted by Gasteiger charge is -2.21. The third-order valence-electron chi connectivity index (χ3n) is 5.30. The fourth-order valence-corrected chi connectivity index (χ4v) is 3.88. The summed E-state index contributed by atoms with van der Waals surface area (Å²) in [6, 6.07) is 5.18. The lowest BCUT2D eigenvalue weighted by Crippen LogP contribution is -2.43. The van der Waals surface area contributed by atoms with Gasteiger partial charge in [0, 0.05) is 36.4 Å². The van der Waals surface area contributed by atoms with Crippen molar-refractivity contribution >= 4 is 11.9 Å². The van der Waals surface area contributed by atoms with Gasteiger partial charge in [-0.2, -0.15) is 0 Å². The van der Waals surface area contributed by atoms with Crippen LogP contribution in [-0.4, -0.2) is 33.0 Å². The molecule has 2 aliphatic rings. The number of nitrogens with one attached hydrogen (secondary N) is 1. The van der Waals surface area contributed by atoms with Gasteiger partial charge in [0.1, 0.15) is 0 Å². The van der Waals surface area contributed by atoms with Gasteiger partial charge in [-0.25, -0.2) is 0 Å². The minimum atomic E-state index is -0.793. The van der Waals surface area contributed by atoms with Crippen LogP contribution in [0.1, 0.15) is 29.6 Å². The monoisotopic (exact) mass is 323 g/mol. The lowest BCUT2D eigenvalue weighted by atomic mass is 9.97. The van der Waals surface area contributed by atoms with Crippen molar-refractivity contribution in [3.63, 3.8) is 0 Å². The first kappa shape index (κ1) is 14.8.